The lowest BCUT2D eigenvalue weighted by molar-refractivity contribution is -0.219. The molecule has 5 heteroatoms. The highest BCUT2D eigenvalue weighted by Crippen LogP contribution is 2.39. The summed E-state index contributed by atoms with van der Waals surface area (Å²) >= 11 is 0. The smallest absolute Gasteiger partial charge is 0.190 e. The second-order valence-electron chi connectivity index (χ2n) is 6.18. The highest BCUT2D eigenvalue weighted by molar-refractivity contribution is 5.26. The SMILES string of the molecule is CC[C@H]1O[C@@H]2OC(C)(C)O[C@@H]2[C@H]1OCc1ccc(OC)cc1. The van der Waals surface area contributed by atoms with Crippen molar-refractivity contribution in [3.05, 3.63) is 29.8 Å². The fraction of sp³-hybridized carbons (Fsp3) is 0.647. The minimum Gasteiger partial charge on any atom is -0.497 e. The van der Waals surface area contributed by atoms with Crippen LogP contribution in [-0.2, 0) is 25.6 Å². The molecular formula is C17H24O5. The Balaban J connectivity index is 1.64. The van der Waals surface area contributed by atoms with E-state index in [4.69, 9.17) is 23.7 Å². The van der Waals surface area contributed by atoms with E-state index in [0.29, 0.717) is 6.61 Å². The summed E-state index contributed by atoms with van der Waals surface area (Å²) in [5, 5.41) is 0. The van der Waals surface area contributed by atoms with Crippen LogP contribution in [0.15, 0.2) is 24.3 Å². The van der Waals surface area contributed by atoms with Gasteiger partial charge in [-0.1, -0.05) is 19.1 Å². The molecule has 2 heterocycles. The van der Waals surface area contributed by atoms with Gasteiger partial charge < -0.3 is 23.7 Å². The van der Waals surface area contributed by atoms with Crippen LogP contribution in [0.25, 0.3) is 0 Å². The Labute approximate surface area is 131 Å². The van der Waals surface area contributed by atoms with Crippen molar-refractivity contribution in [1.29, 1.82) is 0 Å². The normalized spacial score (nSPS) is 32.9. The Kier molecular flexibility index (Phi) is 4.41. The molecule has 122 valence electrons. The zero-order valence-electron chi connectivity index (χ0n) is 13.6. The molecule has 2 aliphatic rings. The summed E-state index contributed by atoms with van der Waals surface area (Å²) in [5.41, 5.74) is 1.09. The molecule has 4 atom stereocenters. The maximum Gasteiger partial charge on any atom is 0.190 e. The van der Waals surface area contributed by atoms with E-state index in [2.05, 4.69) is 6.92 Å². The van der Waals surface area contributed by atoms with Gasteiger partial charge in [-0.05, 0) is 38.0 Å². The van der Waals surface area contributed by atoms with Crippen LogP contribution in [0.1, 0.15) is 32.8 Å². The van der Waals surface area contributed by atoms with Gasteiger partial charge in [-0.3, -0.25) is 0 Å². The van der Waals surface area contributed by atoms with Gasteiger partial charge in [-0.25, -0.2) is 0 Å². The fourth-order valence-corrected chi connectivity index (χ4v) is 2.99. The largest absolute Gasteiger partial charge is 0.497 e. The van der Waals surface area contributed by atoms with Gasteiger partial charge in [0.2, 0.25) is 0 Å². The summed E-state index contributed by atoms with van der Waals surface area (Å²) in [6, 6.07) is 7.87. The quantitative estimate of drug-likeness (QED) is 0.837. The summed E-state index contributed by atoms with van der Waals surface area (Å²) in [4.78, 5) is 0. The number of ether oxygens (including phenoxy) is 5. The van der Waals surface area contributed by atoms with Crippen molar-refractivity contribution in [2.24, 2.45) is 0 Å². The Morgan fingerprint density at radius 2 is 1.86 bits per heavy atom. The van der Waals surface area contributed by atoms with E-state index < -0.39 is 5.79 Å². The number of benzene rings is 1. The van der Waals surface area contributed by atoms with Crippen LogP contribution >= 0.6 is 0 Å². The second-order valence-corrected chi connectivity index (χ2v) is 6.18. The number of hydrogen-bond acceptors (Lipinski definition) is 5. The van der Waals surface area contributed by atoms with E-state index in [9.17, 15) is 0 Å². The molecule has 22 heavy (non-hydrogen) atoms. The molecule has 0 spiro atoms. The molecular weight excluding hydrogens is 284 g/mol. The molecule has 0 radical (unpaired) electrons. The van der Waals surface area contributed by atoms with Gasteiger partial charge in [-0.15, -0.1) is 0 Å². The van der Waals surface area contributed by atoms with Crippen molar-refractivity contribution in [2.75, 3.05) is 7.11 Å². The molecule has 0 unspecified atom stereocenters. The number of fused-ring (bicyclic) bond motifs is 1. The topological polar surface area (TPSA) is 46.2 Å². The van der Waals surface area contributed by atoms with Crippen LogP contribution in [0.5, 0.6) is 5.75 Å². The molecule has 0 bridgehead atoms. The van der Waals surface area contributed by atoms with E-state index in [1.54, 1.807) is 7.11 Å². The zero-order valence-corrected chi connectivity index (χ0v) is 13.6. The molecule has 5 nitrogen and oxygen atoms in total. The standard InChI is InChI=1S/C17H24O5/c1-5-13-14(15-16(20-13)22-17(2,3)21-15)19-10-11-6-8-12(18-4)9-7-11/h6-9,13-16H,5,10H2,1-4H3/t13-,14+,15-,16-/m1/s1. The summed E-state index contributed by atoms with van der Waals surface area (Å²) in [6.07, 6.45) is 0.259. The van der Waals surface area contributed by atoms with Crippen molar-refractivity contribution >= 4 is 0 Å². The first-order valence-electron chi connectivity index (χ1n) is 7.78. The average Bonchev–Trinajstić information content (AvgIpc) is 2.97. The summed E-state index contributed by atoms with van der Waals surface area (Å²) in [6.45, 7) is 6.40. The highest BCUT2D eigenvalue weighted by Gasteiger charge is 2.54. The third-order valence-corrected chi connectivity index (χ3v) is 4.09. The van der Waals surface area contributed by atoms with Crippen molar-refractivity contribution in [3.63, 3.8) is 0 Å². The van der Waals surface area contributed by atoms with E-state index in [0.717, 1.165) is 17.7 Å². The van der Waals surface area contributed by atoms with E-state index >= 15 is 0 Å². The van der Waals surface area contributed by atoms with Crippen LogP contribution < -0.4 is 4.74 Å². The molecule has 0 saturated carbocycles. The minimum atomic E-state index is -0.615. The number of methoxy groups -OCH3 is 1. The van der Waals surface area contributed by atoms with Crippen LogP contribution in [0.2, 0.25) is 0 Å². The number of hydrogen-bond donors (Lipinski definition) is 0. The van der Waals surface area contributed by atoms with Crippen LogP contribution in [-0.4, -0.2) is 37.5 Å². The summed E-state index contributed by atoms with van der Waals surface area (Å²) in [7, 11) is 1.66. The van der Waals surface area contributed by atoms with Crippen LogP contribution in [0.3, 0.4) is 0 Å². The Morgan fingerprint density at radius 1 is 1.14 bits per heavy atom. The highest BCUT2D eigenvalue weighted by atomic mass is 16.8. The predicted molar refractivity (Wildman–Crippen MR) is 80.6 cm³/mol. The first-order valence-corrected chi connectivity index (χ1v) is 7.78. The van der Waals surface area contributed by atoms with Crippen LogP contribution in [0.4, 0.5) is 0 Å². The Bertz CT molecular complexity index is 498. The first-order chi connectivity index (χ1) is 10.5. The van der Waals surface area contributed by atoms with Gasteiger partial charge in [0.15, 0.2) is 12.1 Å². The van der Waals surface area contributed by atoms with Crippen molar-refractivity contribution < 1.29 is 23.7 Å². The maximum absolute atomic E-state index is 6.10. The number of rotatable bonds is 5. The van der Waals surface area contributed by atoms with Gasteiger partial charge in [0.1, 0.15) is 18.0 Å². The molecule has 0 aromatic heterocycles. The zero-order chi connectivity index (χ0) is 15.7. The monoisotopic (exact) mass is 308 g/mol. The first kappa shape index (κ1) is 15.7. The molecule has 2 fully saturated rings. The van der Waals surface area contributed by atoms with Gasteiger partial charge >= 0.3 is 0 Å². The predicted octanol–water partition coefficient (Wildman–Crippen LogP) is 2.87. The fourth-order valence-electron chi connectivity index (χ4n) is 2.99. The van der Waals surface area contributed by atoms with Gasteiger partial charge in [-0.2, -0.15) is 0 Å². The van der Waals surface area contributed by atoms with Gasteiger partial charge in [0.05, 0.1) is 19.8 Å². The molecule has 1 aromatic carbocycles. The average molecular weight is 308 g/mol. The van der Waals surface area contributed by atoms with Gasteiger partial charge in [0, 0.05) is 0 Å². The second kappa shape index (κ2) is 6.16. The van der Waals surface area contributed by atoms with E-state index in [-0.39, 0.29) is 24.6 Å². The third-order valence-electron chi connectivity index (χ3n) is 4.09. The Morgan fingerprint density at radius 3 is 2.50 bits per heavy atom. The molecule has 2 aliphatic heterocycles. The molecule has 3 rings (SSSR count). The molecule has 0 amide bonds. The lowest BCUT2D eigenvalue weighted by Crippen LogP contribution is -2.36. The van der Waals surface area contributed by atoms with Crippen molar-refractivity contribution in [1.82, 2.24) is 0 Å². The third kappa shape index (κ3) is 3.13. The molecule has 2 saturated heterocycles. The maximum atomic E-state index is 6.10. The molecule has 0 aliphatic carbocycles. The lowest BCUT2D eigenvalue weighted by Gasteiger charge is -2.25. The Hall–Kier alpha value is -1.14. The lowest BCUT2D eigenvalue weighted by atomic mass is 10.1. The molecule has 1 aromatic rings. The summed E-state index contributed by atoms with van der Waals surface area (Å²) < 4.78 is 28.9. The van der Waals surface area contributed by atoms with Crippen LogP contribution in [0, 0.1) is 0 Å². The van der Waals surface area contributed by atoms with Gasteiger partial charge in [0.25, 0.3) is 0 Å². The van der Waals surface area contributed by atoms with E-state index in [1.807, 2.05) is 38.1 Å². The summed E-state index contributed by atoms with van der Waals surface area (Å²) in [5.74, 6) is 0.226. The van der Waals surface area contributed by atoms with Crippen molar-refractivity contribution in [2.45, 2.75) is 64.2 Å². The molecule has 0 N–H and O–H groups in total. The van der Waals surface area contributed by atoms with E-state index in [1.165, 1.54) is 0 Å². The van der Waals surface area contributed by atoms with Crippen molar-refractivity contribution in [3.8, 4) is 5.75 Å². The minimum absolute atomic E-state index is 0.00403.